The topological polar surface area (TPSA) is 62.6 Å². The van der Waals surface area contributed by atoms with Crippen molar-refractivity contribution in [2.75, 3.05) is 45.7 Å². The van der Waals surface area contributed by atoms with Gasteiger partial charge < -0.3 is 15.0 Å². The Balaban J connectivity index is 1.38. The average molecular weight is 482 g/mol. The molecule has 0 atom stereocenters. The third kappa shape index (κ3) is 5.32. The maximum atomic E-state index is 13.5. The number of amides is 1. The van der Waals surface area contributed by atoms with Gasteiger partial charge in [-0.2, -0.15) is 5.10 Å². The summed E-state index contributed by atoms with van der Waals surface area (Å²) in [6.07, 6.45) is 1.77. The van der Waals surface area contributed by atoms with Crippen LogP contribution in [0.1, 0.15) is 15.9 Å². The van der Waals surface area contributed by atoms with Crippen LogP contribution in [0.15, 0.2) is 85.1 Å². The lowest BCUT2D eigenvalue weighted by atomic mass is 10.1. The van der Waals surface area contributed by atoms with Crippen LogP contribution in [0, 0.1) is 0 Å². The predicted octanol–water partition coefficient (Wildman–Crippen LogP) is 4.55. The zero-order valence-electron chi connectivity index (χ0n) is 20.7. The molecule has 2 heterocycles. The van der Waals surface area contributed by atoms with E-state index in [1.807, 2.05) is 66.7 Å². The Bertz CT molecular complexity index is 1310. The number of benzene rings is 3. The summed E-state index contributed by atoms with van der Waals surface area (Å²) >= 11 is 0. The lowest BCUT2D eigenvalue weighted by Crippen LogP contribution is -2.43. The summed E-state index contributed by atoms with van der Waals surface area (Å²) in [6, 6.07) is 25.5. The Labute approximate surface area is 211 Å². The van der Waals surface area contributed by atoms with Crippen molar-refractivity contribution in [3.8, 4) is 22.7 Å². The zero-order chi connectivity index (χ0) is 24.9. The maximum Gasteiger partial charge on any atom is 0.259 e. The Hall–Kier alpha value is -3.94. The molecule has 0 unspecified atom stereocenters. The highest BCUT2D eigenvalue weighted by Crippen LogP contribution is 2.32. The molecule has 3 aromatic carbocycles. The molecule has 36 heavy (non-hydrogen) atoms. The monoisotopic (exact) mass is 481 g/mol. The standard InChI is InChI=1S/C29H31N5O2/c1-32-16-18-33(19-17-32)20-22-12-14-23(15-13-22)30-29(35)26-21-34(24-8-4-3-5-9-24)31-28(26)25-10-6-7-11-27(25)36-2/h3-15,21H,16-20H2,1-2H3,(H,30,35). The van der Waals surface area contributed by atoms with Crippen LogP contribution in [0.5, 0.6) is 5.75 Å². The number of hydrogen-bond donors (Lipinski definition) is 1. The Morgan fingerprint density at radius 1 is 0.917 bits per heavy atom. The molecular weight excluding hydrogens is 450 g/mol. The van der Waals surface area contributed by atoms with Gasteiger partial charge >= 0.3 is 0 Å². The van der Waals surface area contributed by atoms with E-state index in [9.17, 15) is 4.79 Å². The van der Waals surface area contributed by atoms with Crippen molar-refractivity contribution in [1.29, 1.82) is 0 Å². The molecular formula is C29H31N5O2. The van der Waals surface area contributed by atoms with Gasteiger partial charge in [0.15, 0.2) is 0 Å². The van der Waals surface area contributed by atoms with Crippen LogP contribution in [0.25, 0.3) is 16.9 Å². The third-order valence-electron chi connectivity index (χ3n) is 6.56. The summed E-state index contributed by atoms with van der Waals surface area (Å²) in [5, 5.41) is 7.83. The number of rotatable bonds is 7. The van der Waals surface area contributed by atoms with E-state index in [4.69, 9.17) is 9.84 Å². The molecule has 5 rings (SSSR count). The zero-order valence-corrected chi connectivity index (χ0v) is 20.7. The van der Waals surface area contributed by atoms with Crippen LogP contribution in [0.4, 0.5) is 5.69 Å². The number of anilines is 1. The van der Waals surface area contributed by atoms with Gasteiger partial charge in [0, 0.05) is 50.2 Å². The van der Waals surface area contributed by atoms with Crippen molar-refractivity contribution in [1.82, 2.24) is 19.6 Å². The van der Waals surface area contributed by atoms with Crippen LogP contribution in [-0.2, 0) is 6.54 Å². The minimum atomic E-state index is -0.218. The highest BCUT2D eigenvalue weighted by molar-refractivity contribution is 6.08. The van der Waals surface area contributed by atoms with Crippen LogP contribution in [0.3, 0.4) is 0 Å². The van der Waals surface area contributed by atoms with Crippen molar-refractivity contribution in [2.45, 2.75) is 6.54 Å². The van der Waals surface area contributed by atoms with E-state index in [-0.39, 0.29) is 5.91 Å². The molecule has 0 saturated carbocycles. The lowest BCUT2D eigenvalue weighted by molar-refractivity contribution is 0.102. The fourth-order valence-corrected chi connectivity index (χ4v) is 4.45. The van der Waals surface area contributed by atoms with Gasteiger partial charge in [0.25, 0.3) is 5.91 Å². The van der Waals surface area contributed by atoms with Gasteiger partial charge in [-0.05, 0) is 49.0 Å². The van der Waals surface area contributed by atoms with Gasteiger partial charge in [-0.3, -0.25) is 9.69 Å². The second kappa shape index (κ2) is 10.8. The largest absolute Gasteiger partial charge is 0.496 e. The highest BCUT2D eigenvalue weighted by atomic mass is 16.5. The van der Waals surface area contributed by atoms with Crippen LogP contribution in [-0.4, -0.2) is 65.8 Å². The predicted molar refractivity (Wildman–Crippen MR) is 143 cm³/mol. The average Bonchev–Trinajstić information content (AvgIpc) is 3.37. The van der Waals surface area contributed by atoms with E-state index in [1.165, 1.54) is 5.56 Å². The molecule has 1 fully saturated rings. The molecule has 1 aromatic heterocycles. The summed E-state index contributed by atoms with van der Waals surface area (Å²) in [5.74, 6) is 0.447. The first kappa shape index (κ1) is 23.8. The number of nitrogens with one attached hydrogen (secondary N) is 1. The minimum absolute atomic E-state index is 0.218. The quantitative estimate of drug-likeness (QED) is 0.420. The van der Waals surface area contributed by atoms with Crippen molar-refractivity contribution in [3.63, 3.8) is 0 Å². The third-order valence-corrected chi connectivity index (χ3v) is 6.56. The number of para-hydroxylation sites is 2. The number of likely N-dealkylation sites (N-methyl/N-ethyl adjacent to an activating group) is 1. The van der Waals surface area contributed by atoms with Gasteiger partial charge in [-0.25, -0.2) is 4.68 Å². The van der Waals surface area contributed by atoms with Gasteiger partial charge in [0.1, 0.15) is 11.4 Å². The summed E-state index contributed by atoms with van der Waals surface area (Å²) in [7, 11) is 3.79. The number of nitrogens with zero attached hydrogens (tertiary/aromatic N) is 4. The first-order valence-electron chi connectivity index (χ1n) is 12.2. The molecule has 0 bridgehead atoms. The van der Waals surface area contributed by atoms with Crippen LogP contribution < -0.4 is 10.1 Å². The summed E-state index contributed by atoms with van der Waals surface area (Å²) in [6.45, 7) is 5.26. The summed E-state index contributed by atoms with van der Waals surface area (Å²) < 4.78 is 7.29. The Morgan fingerprint density at radius 3 is 2.33 bits per heavy atom. The van der Waals surface area contributed by atoms with Gasteiger partial charge in [-0.15, -0.1) is 0 Å². The summed E-state index contributed by atoms with van der Waals surface area (Å²) in [4.78, 5) is 18.3. The van der Waals surface area contributed by atoms with Crippen molar-refractivity contribution >= 4 is 11.6 Å². The Kier molecular flexibility index (Phi) is 7.11. The number of ether oxygens (including phenoxy) is 1. The SMILES string of the molecule is COc1ccccc1-c1nn(-c2ccccc2)cc1C(=O)Nc1ccc(CN2CCN(C)CC2)cc1. The number of methoxy groups -OCH3 is 1. The minimum Gasteiger partial charge on any atom is -0.496 e. The van der Waals surface area contributed by atoms with Crippen LogP contribution >= 0.6 is 0 Å². The van der Waals surface area contributed by atoms with E-state index in [2.05, 4.69) is 34.3 Å². The van der Waals surface area contributed by atoms with Crippen LogP contribution in [0.2, 0.25) is 0 Å². The van der Waals surface area contributed by atoms with Crippen molar-refractivity contribution < 1.29 is 9.53 Å². The molecule has 7 nitrogen and oxygen atoms in total. The molecule has 0 spiro atoms. The van der Waals surface area contributed by atoms with E-state index in [0.29, 0.717) is 17.0 Å². The maximum absolute atomic E-state index is 13.5. The molecule has 0 radical (unpaired) electrons. The molecule has 1 saturated heterocycles. The molecule has 4 aromatic rings. The molecule has 1 aliphatic rings. The van der Waals surface area contributed by atoms with E-state index < -0.39 is 0 Å². The fourth-order valence-electron chi connectivity index (χ4n) is 4.45. The van der Waals surface area contributed by atoms with E-state index in [1.54, 1.807) is 18.0 Å². The van der Waals surface area contributed by atoms with Gasteiger partial charge in [-0.1, -0.05) is 42.5 Å². The van der Waals surface area contributed by atoms with Gasteiger partial charge in [0.2, 0.25) is 0 Å². The second-order valence-electron chi connectivity index (χ2n) is 9.10. The molecule has 1 aliphatic heterocycles. The molecule has 7 heteroatoms. The second-order valence-corrected chi connectivity index (χ2v) is 9.10. The van der Waals surface area contributed by atoms with E-state index >= 15 is 0 Å². The number of aromatic nitrogens is 2. The normalized spacial score (nSPS) is 14.5. The number of hydrogen-bond acceptors (Lipinski definition) is 5. The number of carbonyl (C=O) groups excluding carboxylic acids is 1. The first-order chi connectivity index (χ1) is 17.6. The van der Waals surface area contributed by atoms with Crippen molar-refractivity contribution in [2.24, 2.45) is 0 Å². The Morgan fingerprint density at radius 2 is 1.61 bits per heavy atom. The smallest absolute Gasteiger partial charge is 0.259 e. The highest BCUT2D eigenvalue weighted by Gasteiger charge is 2.21. The molecule has 1 amide bonds. The summed E-state index contributed by atoms with van der Waals surface area (Å²) in [5.41, 5.74) is 4.68. The number of piperazine rings is 1. The fraction of sp³-hybridized carbons (Fsp3) is 0.241. The lowest BCUT2D eigenvalue weighted by Gasteiger charge is -2.32. The molecule has 0 aliphatic carbocycles. The first-order valence-corrected chi connectivity index (χ1v) is 12.2. The molecule has 184 valence electrons. The van der Waals surface area contributed by atoms with Crippen molar-refractivity contribution in [3.05, 3.63) is 96.2 Å². The van der Waals surface area contributed by atoms with Gasteiger partial charge in [0.05, 0.1) is 18.4 Å². The van der Waals surface area contributed by atoms with E-state index in [0.717, 1.165) is 49.7 Å². The number of carbonyl (C=O) groups is 1. The molecule has 1 N–H and O–H groups in total.